The van der Waals surface area contributed by atoms with Crippen molar-refractivity contribution in [2.45, 2.75) is 25.9 Å². The van der Waals surface area contributed by atoms with Crippen LogP contribution in [-0.4, -0.2) is 24.4 Å². The van der Waals surface area contributed by atoms with Gasteiger partial charge in [-0.1, -0.05) is 36.4 Å². The molecule has 0 aromatic heterocycles. The fourth-order valence-corrected chi connectivity index (χ4v) is 2.63. The van der Waals surface area contributed by atoms with Crippen LogP contribution in [0.25, 0.3) is 5.57 Å². The summed E-state index contributed by atoms with van der Waals surface area (Å²) < 4.78 is 5.72. The number of ether oxygens (including phenoxy) is 1. The first-order valence-corrected chi connectivity index (χ1v) is 6.24. The molecule has 0 saturated carbocycles. The van der Waals surface area contributed by atoms with Crippen LogP contribution in [0.2, 0.25) is 0 Å². The zero-order chi connectivity index (χ0) is 13.2. The predicted octanol–water partition coefficient (Wildman–Crippen LogP) is 3.19. The van der Waals surface area contributed by atoms with Gasteiger partial charge < -0.3 is 9.84 Å². The van der Waals surface area contributed by atoms with Gasteiger partial charge in [0.15, 0.2) is 0 Å². The molecule has 2 nitrogen and oxygen atoms in total. The Labute approximate surface area is 109 Å². The van der Waals surface area contributed by atoms with Crippen molar-refractivity contribution < 1.29 is 9.84 Å². The molecule has 1 unspecified atom stereocenters. The van der Waals surface area contributed by atoms with E-state index in [0.717, 1.165) is 17.6 Å². The van der Waals surface area contributed by atoms with Crippen LogP contribution in [0.5, 0.6) is 0 Å². The monoisotopic (exact) mass is 244 g/mol. The fraction of sp³-hybridized carbons (Fsp3) is 0.375. The van der Waals surface area contributed by atoms with Gasteiger partial charge in [0.1, 0.15) is 0 Å². The van der Waals surface area contributed by atoms with Gasteiger partial charge in [0.05, 0.1) is 12.2 Å². The van der Waals surface area contributed by atoms with Crippen LogP contribution in [0.3, 0.4) is 0 Å². The first-order chi connectivity index (χ1) is 8.62. The summed E-state index contributed by atoms with van der Waals surface area (Å²) in [6, 6.07) is 10.3. The van der Waals surface area contributed by atoms with E-state index < -0.39 is 0 Å². The van der Waals surface area contributed by atoms with Gasteiger partial charge in [-0.25, -0.2) is 0 Å². The average molecular weight is 244 g/mol. The van der Waals surface area contributed by atoms with Gasteiger partial charge in [0, 0.05) is 7.11 Å². The Balaban J connectivity index is 2.58. The van der Waals surface area contributed by atoms with Gasteiger partial charge in [-0.3, -0.25) is 0 Å². The highest BCUT2D eigenvalue weighted by molar-refractivity contribution is 5.79. The van der Waals surface area contributed by atoms with Gasteiger partial charge in [-0.15, -0.1) is 0 Å². The summed E-state index contributed by atoms with van der Waals surface area (Å²) in [5, 5.41) is 9.43. The number of aliphatic hydroxyl groups is 1. The van der Waals surface area contributed by atoms with E-state index in [1.807, 2.05) is 18.2 Å². The van der Waals surface area contributed by atoms with Crippen molar-refractivity contribution in [1.29, 1.82) is 0 Å². The number of methoxy groups -OCH3 is 1. The summed E-state index contributed by atoms with van der Waals surface area (Å²) in [5.41, 5.74) is 4.16. The van der Waals surface area contributed by atoms with Crippen LogP contribution in [0, 0.1) is 0 Å². The fourth-order valence-electron chi connectivity index (χ4n) is 2.63. The van der Waals surface area contributed by atoms with Crippen LogP contribution in [0.1, 0.15) is 25.8 Å². The van der Waals surface area contributed by atoms with E-state index >= 15 is 0 Å². The Hall–Kier alpha value is -1.38. The first-order valence-electron chi connectivity index (χ1n) is 6.24. The number of hydrogen-bond donors (Lipinski definition) is 1. The third-order valence-electron chi connectivity index (χ3n) is 3.81. The molecule has 0 spiro atoms. The van der Waals surface area contributed by atoms with Crippen LogP contribution < -0.4 is 0 Å². The third kappa shape index (κ3) is 2.14. The van der Waals surface area contributed by atoms with Crippen LogP contribution in [-0.2, 0) is 4.74 Å². The van der Waals surface area contributed by atoms with E-state index in [1.165, 1.54) is 11.1 Å². The lowest BCUT2D eigenvalue weighted by atomic mass is 9.77. The third-order valence-corrected chi connectivity index (χ3v) is 3.81. The quantitative estimate of drug-likeness (QED) is 0.884. The van der Waals surface area contributed by atoms with E-state index in [2.05, 4.69) is 32.1 Å². The molecule has 96 valence electrons. The number of benzene rings is 1. The molecule has 1 aromatic rings. The van der Waals surface area contributed by atoms with Gasteiger partial charge in [-0.2, -0.15) is 0 Å². The van der Waals surface area contributed by atoms with Crippen molar-refractivity contribution in [1.82, 2.24) is 0 Å². The Morgan fingerprint density at radius 1 is 1.28 bits per heavy atom. The van der Waals surface area contributed by atoms with E-state index in [1.54, 1.807) is 7.11 Å². The lowest BCUT2D eigenvalue weighted by Crippen LogP contribution is -2.32. The van der Waals surface area contributed by atoms with Crippen LogP contribution in [0.15, 0.2) is 47.6 Å². The van der Waals surface area contributed by atoms with Gasteiger partial charge in [0.2, 0.25) is 0 Å². The predicted molar refractivity (Wildman–Crippen MR) is 74.2 cm³/mol. The molecule has 1 aromatic carbocycles. The minimum atomic E-state index is -0.315. The maximum absolute atomic E-state index is 9.43. The Morgan fingerprint density at radius 2 is 1.94 bits per heavy atom. The molecule has 1 N–H and O–H groups in total. The maximum atomic E-state index is 9.43. The Morgan fingerprint density at radius 3 is 2.50 bits per heavy atom. The normalized spacial score (nSPS) is 24.1. The molecule has 0 bridgehead atoms. The molecule has 1 atom stereocenters. The van der Waals surface area contributed by atoms with Crippen molar-refractivity contribution in [3.05, 3.63) is 53.1 Å². The van der Waals surface area contributed by atoms with E-state index in [9.17, 15) is 5.11 Å². The summed E-state index contributed by atoms with van der Waals surface area (Å²) in [7, 11) is 1.74. The zero-order valence-electron chi connectivity index (χ0n) is 11.2. The molecule has 0 heterocycles. The second-order valence-electron chi connectivity index (χ2n) is 4.89. The van der Waals surface area contributed by atoms with E-state index in [4.69, 9.17) is 4.74 Å². The molecule has 0 fully saturated rings. The Bertz CT molecular complexity index is 485. The van der Waals surface area contributed by atoms with Gasteiger partial charge >= 0.3 is 0 Å². The minimum absolute atomic E-state index is 0.0853. The van der Waals surface area contributed by atoms with E-state index in [-0.39, 0.29) is 12.2 Å². The molecule has 1 aliphatic carbocycles. The SMILES string of the molecule is COC1(C)CC=C(CO)C(C)=C1c1ccccc1. The smallest absolute Gasteiger partial charge is 0.0942 e. The lowest BCUT2D eigenvalue weighted by Gasteiger charge is -2.36. The number of aliphatic hydroxyl groups excluding tert-OH is 1. The molecule has 0 radical (unpaired) electrons. The molecule has 0 amide bonds. The highest BCUT2D eigenvalue weighted by Crippen LogP contribution is 2.41. The highest BCUT2D eigenvalue weighted by atomic mass is 16.5. The molecular weight excluding hydrogens is 224 g/mol. The van der Waals surface area contributed by atoms with E-state index in [0.29, 0.717) is 0 Å². The summed E-state index contributed by atoms with van der Waals surface area (Å²) >= 11 is 0. The molecule has 1 aliphatic rings. The summed E-state index contributed by atoms with van der Waals surface area (Å²) in [6.07, 6.45) is 2.87. The standard InChI is InChI=1S/C16H20O2/c1-12-14(11-17)9-10-16(2,18-3)15(12)13-7-5-4-6-8-13/h4-9,17H,10-11H2,1-3H3. The van der Waals surface area contributed by atoms with Crippen molar-refractivity contribution >= 4 is 5.57 Å². The van der Waals surface area contributed by atoms with Gasteiger partial charge in [-0.05, 0) is 42.6 Å². The molecule has 0 aliphatic heterocycles. The topological polar surface area (TPSA) is 29.5 Å². The first kappa shape index (κ1) is 13.1. The summed E-state index contributed by atoms with van der Waals surface area (Å²) in [5.74, 6) is 0. The highest BCUT2D eigenvalue weighted by Gasteiger charge is 2.33. The van der Waals surface area contributed by atoms with Crippen LogP contribution in [0.4, 0.5) is 0 Å². The van der Waals surface area contributed by atoms with Crippen molar-refractivity contribution in [2.24, 2.45) is 0 Å². The summed E-state index contributed by atoms with van der Waals surface area (Å²) in [6.45, 7) is 4.24. The average Bonchev–Trinajstić information content (AvgIpc) is 2.40. The summed E-state index contributed by atoms with van der Waals surface area (Å²) in [4.78, 5) is 0. The van der Waals surface area contributed by atoms with Crippen molar-refractivity contribution in [2.75, 3.05) is 13.7 Å². The second-order valence-corrected chi connectivity index (χ2v) is 4.89. The molecule has 2 heteroatoms. The van der Waals surface area contributed by atoms with Crippen molar-refractivity contribution in [3.8, 4) is 0 Å². The second kappa shape index (κ2) is 5.09. The molecule has 18 heavy (non-hydrogen) atoms. The number of hydrogen-bond acceptors (Lipinski definition) is 2. The largest absolute Gasteiger partial charge is 0.392 e. The maximum Gasteiger partial charge on any atom is 0.0942 e. The molecule has 0 saturated heterocycles. The molecule has 2 rings (SSSR count). The lowest BCUT2D eigenvalue weighted by molar-refractivity contribution is 0.0585. The Kier molecular flexibility index (Phi) is 3.69. The molecular formula is C16H20O2. The van der Waals surface area contributed by atoms with Crippen molar-refractivity contribution in [3.63, 3.8) is 0 Å². The zero-order valence-corrected chi connectivity index (χ0v) is 11.2. The number of rotatable bonds is 3. The van der Waals surface area contributed by atoms with Crippen LogP contribution >= 0.6 is 0 Å². The minimum Gasteiger partial charge on any atom is -0.392 e. The van der Waals surface area contributed by atoms with Gasteiger partial charge in [0.25, 0.3) is 0 Å².